The Morgan fingerprint density at radius 1 is 1.32 bits per heavy atom. The smallest absolute Gasteiger partial charge is 0.244 e. The summed E-state index contributed by atoms with van der Waals surface area (Å²) in [5.41, 5.74) is 1.50. The van der Waals surface area contributed by atoms with Gasteiger partial charge in [-0.1, -0.05) is 11.6 Å². The summed E-state index contributed by atoms with van der Waals surface area (Å²) in [5.74, 6) is 0.763. The van der Waals surface area contributed by atoms with Crippen molar-refractivity contribution >= 4 is 0 Å². The summed E-state index contributed by atoms with van der Waals surface area (Å²) in [6.07, 6.45) is 3.35. The first-order valence-electron chi connectivity index (χ1n) is 6.57. The predicted octanol–water partition coefficient (Wildman–Crippen LogP) is 3.00. The molecule has 1 saturated heterocycles. The molecule has 1 atom stereocenters. The van der Waals surface area contributed by atoms with Crippen LogP contribution in [0.15, 0.2) is 22.7 Å². The molecular formula is C14H16FN3O. The molecule has 1 aliphatic heterocycles. The van der Waals surface area contributed by atoms with Crippen LogP contribution in [0.3, 0.4) is 0 Å². The molecule has 5 heteroatoms. The number of aromatic nitrogens is 2. The van der Waals surface area contributed by atoms with E-state index in [1.165, 1.54) is 18.6 Å². The van der Waals surface area contributed by atoms with Crippen molar-refractivity contribution in [3.8, 4) is 11.4 Å². The van der Waals surface area contributed by atoms with E-state index in [0.29, 0.717) is 17.3 Å². The number of rotatable bonds is 2. The summed E-state index contributed by atoms with van der Waals surface area (Å²) in [5, 5.41) is 7.30. The quantitative estimate of drug-likeness (QED) is 0.902. The number of nitrogens with one attached hydrogen (secondary N) is 1. The highest BCUT2D eigenvalue weighted by Crippen LogP contribution is 2.25. The van der Waals surface area contributed by atoms with Crippen LogP contribution in [0.2, 0.25) is 0 Å². The Morgan fingerprint density at radius 2 is 2.21 bits per heavy atom. The van der Waals surface area contributed by atoms with Crippen LogP contribution >= 0.6 is 0 Å². The molecule has 4 nitrogen and oxygen atoms in total. The number of piperidine rings is 1. The number of halogens is 1. The molecule has 100 valence electrons. The van der Waals surface area contributed by atoms with Crippen molar-refractivity contribution in [2.24, 2.45) is 0 Å². The van der Waals surface area contributed by atoms with E-state index in [4.69, 9.17) is 4.52 Å². The van der Waals surface area contributed by atoms with Crippen molar-refractivity contribution < 1.29 is 8.91 Å². The topological polar surface area (TPSA) is 51.0 Å². The third kappa shape index (κ3) is 2.66. The van der Waals surface area contributed by atoms with E-state index in [1.54, 1.807) is 0 Å². The van der Waals surface area contributed by atoms with Crippen LogP contribution < -0.4 is 5.32 Å². The Bertz CT molecular complexity index is 556. The molecule has 0 amide bonds. The third-order valence-corrected chi connectivity index (χ3v) is 3.35. The number of hydrogen-bond donors (Lipinski definition) is 1. The normalized spacial score (nSPS) is 19.6. The largest absolute Gasteiger partial charge is 0.337 e. The predicted molar refractivity (Wildman–Crippen MR) is 69.0 cm³/mol. The zero-order chi connectivity index (χ0) is 13.2. The van der Waals surface area contributed by atoms with Crippen molar-refractivity contribution in [3.63, 3.8) is 0 Å². The Hall–Kier alpha value is -1.75. The van der Waals surface area contributed by atoms with Gasteiger partial charge >= 0.3 is 0 Å². The lowest BCUT2D eigenvalue weighted by Gasteiger charge is -2.19. The van der Waals surface area contributed by atoms with E-state index < -0.39 is 0 Å². The molecule has 1 aromatic carbocycles. The minimum atomic E-state index is -0.280. The number of benzene rings is 1. The fourth-order valence-corrected chi connectivity index (χ4v) is 2.42. The summed E-state index contributed by atoms with van der Waals surface area (Å²) >= 11 is 0. The van der Waals surface area contributed by atoms with E-state index in [-0.39, 0.29) is 11.9 Å². The van der Waals surface area contributed by atoms with Crippen LogP contribution in [-0.2, 0) is 0 Å². The average Bonchev–Trinajstić information content (AvgIpc) is 2.88. The van der Waals surface area contributed by atoms with Gasteiger partial charge in [-0.05, 0) is 50.1 Å². The molecular weight excluding hydrogens is 245 g/mol. The minimum Gasteiger partial charge on any atom is -0.337 e. The minimum absolute atomic E-state index is 0.129. The molecule has 0 radical (unpaired) electrons. The number of hydrogen-bond acceptors (Lipinski definition) is 4. The second kappa shape index (κ2) is 5.09. The maximum atomic E-state index is 13.4. The second-order valence-corrected chi connectivity index (χ2v) is 4.98. The molecule has 0 bridgehead atoms. The van der Waals surface area contributed by atoms with E-state index in [1.807, 2.05) is 13.0 Å². The molecule has 2 heterocycles. The van der Waals surface area contributed by atoms with Gasteiger partial charge in [-0.2, -0.15) is 4.98 Å². The van der Waals surface area contributed by atoms with E-state index in [2.05, 4.69) is 15.5 Å². The number of aryl methyl sites for hydroxylation is 1. The molecule has 0 unspecified atom stereocenters. The lowest BCUT2D eigenvalue weighted by Crippen LogP contribution is -2.26. The average molecular weight is 261 g/mol. The van der Waals surface area contributed by atoms with E-state index in [0.717, 1.165) is 24.9 Å². The van der Waals surface area contributed by atoms with Gasteiger partial charge in [0.1, 0.15) is 5.82 Å². The fraction of sp³-hybridized carbons (Fsp3) is 0.429. The van der Waals surface area contributed by atoms with Gasteiger partial charge in [0.2, 0.25) is 11.7 Å². The Labute approximate surface area is 111 Å². The summed E-state index contributed by atoms with van der Waals surface area (Å²) in [4.78, 5) is 4.38. The van der Waals surface area contributed by atoms with Crippen LogP contribution in [0.4, 0.5) is 4.39 Å². The summed E-state index contributed by atoms with van der Waals surface area (Å²) in [6.45, 7) is 2.82. The summed E-state index contributed by atoms with van der Waals surface area (Å²) < 4.78 is 18.7. The Morgan fingerprint density at radius 3 is 2.95 bits per heavy atom. The van der Waals surface area contributed by atoms with Gasteiger partial charge in [0.15, 0.2) is 0 Å². The van der Waals surface area contributed by atoms with Gasteiger partial charge in [0.05, 0.1) is 6.04 Å². The highest BCUT2D eigenvalue weighted by atomic mass is 19.1. The zero-order valence-electron chi connectivity index (χ0n) is 10.8. The van der Waals surface area contributed by atoms with E-state index in [9.17, 15) is 4.39 Å². The lowest BCUT2D eigenvalue weighted by atomic mass is 10.1. The van der Waals surface area contributed by atoms with Gasteiger partial charge in [0, 0.05) is 5.56 Å². The van der Waals surface area contributed by atoms with Crippen molar-refractivity contribution in [1.82, 2.24) is 15.5 Å². The molecule has 0 saturated carbocycles. The van der Waals surface area contributed by atoms with Gasteiger partial charge < -0.3 is 9.84 Å². The SMILES string of the molecule is Cc1cc(F)cc(-c2noc([C@H]3CCCCN3)n2)c1. The van der Waals surface area contributed by atoms with Gasteiger partial charge in [-0.15, -0.1) is 0 Å². The monoisotopic (exact) mass is 261 g/mol. The van der Waals surface area contributed by atoms with Crippen LogP contribution in [0.25, 0.3) is 11.4 Å². The standard InChI is InChI=1S/C14H16FN3O/c1-9-6-10(8-11(15)7-9)13-17-14(19-18-13)12-4-2-3-5-16-12/h6-8,12,16H,2-5H2,1H3/t12-/m1/s1. The van der Waals surface area contributed by atoms with Crippen molar-refractivity contribution in [3.05, 3.63) is 35.5 Å². The first-order chi connectivity index (χ1) is 9.22. The molecule has 1 aliphatic rings. The highest BCUT2D eigenvalue weighted by Gasteiger charge is 2.21. The van der Waals surface area contributed by atoms with Crippen LogP contribution in [0.1, 0.15) is 36.8 Å². The summed E-state index contributed by atoms with van der Waals surface area (Å²) in [6, 6.07) is 4.89. The fourth-order valence-electron chi connectivity index (χ4n) is 2.42. The molecule has 1 N–H and O–H groups in total. The molecule has 3 rings (SSSR count). The molecule has 19 heavy (non-hydrogen) atoms. The lowest BCUT2D eigenvalue weighted by molar-refractivity contribution is 0.297. The second-order valence-electron chi connectivity index (χ2n) is 4.98. The van der Waals surface area contributed by atoms with E-state index >= 15 is 0 Å². The molecule has 0 spiro atoms. The first-order valence-corrected chi connectivity index (χ1v) is 6.57. The maximum absolute atomic E-state index is 13.4. The maximum Gasteiger partial charge on any atom is 0.244 e. The Balaban J connectivity index is 1.87. The van der Waals surface area contributed by atoms with Crippen LogP contribution in [0.5, 0.6) is 0 Å². The van der Waals surface area contributed by atoms with Crippen LogP contribution in [-0.4, -0.2) is 16.7 Å². The Kier molecular flexibility index (Phi) is 3.29. The molecule has 1 fully saturated rings. The summed E-state index contributed by atoms with van der Waals surface area (Å²) in [7, 11) is 0. The molecule has 1 aromatic heterocycles. The molecule has 2 aromatic rings. The highest BCUT2D eigenvalue weighted by molar-refractivity contribution is 5.55. The third-order valence-electron chi connectivity index (χ3n) is 3.35. The molecule has 0 aliphatic carbocycles. The number of nitrogens with zero attached hydrogens (tertiary/aromatic N) is 2. The van der Waals surface area contributed by atoms with Gasteiger partial charge in [-0.3, -0.25) is 0 Å². The van der Waals surface area contributed by atoms with Crippen molar-refractivity contribution in [2.75, 3.05) is 6.54 Å². The first kappa shape index (κ1) is 12.3. The van der Waals surface area contributed by atoms with Gasteiger partial charge in [-0.25, -0.2) is 4.39 Å². The van der Waals surface area contributed by atoms with Gasteiger partial charge in [0.25, 0.3) is 0 Å². The zero-order valence-corrected chi connectivity index (χ0v) is 10.8. The van der Waals surface area contributed by atoms with Crippen LogP contribution in [0, 0.1) is 12.7 Å². The van der Waals surface area contributed by atoms with Crippen molar-refractivity contribution in [1.29, 1.82) is 0 Å². The van der Waals surface area contributed by atoms with Crippen molar-refractivity contribution in [2.45, 2.75) is 32.2 Å².